The monoisotopic (exact) mass is 334 g/mol. The van der Waals surface area contributed by atoms with Crippen LogP contribution in [-0.2, 0) is 6.42 Å². The number of benzene rings is 1. The van der Waals surface area contributed by atoms with Gasteiger partial charge >= 0.3 is 0 Å². The molecule has 106 valence electrons. The fraction of sp³-hybridized carbons (Fsp3) is 0.312. The second-order valence-corrected chi connectivity index (χ2v) is 5.48. The summed E-state index contributed by atoms with van der Waals surface area (Å²) >= 11 is 3.48. The van der Waals surface area contributed by atoms with Crippen LogP contribution in [0, 0.1) is 0 Å². The summed E-state index contributed by atoms with van der Waals surface area (Å²) < 4.78 is 6.43. The molecule has 0 saturated heterocycles. The third-order valence-corrected chi connectivity index (χ3v) is 3.63. The van der Waals surface area contributed by atoms with Gasteiger partial charge in [0.25, 0.3) is 0 Å². The summed E-state index contributed by atoms with van der Waals surface area (Å²) in [5, 5.41) is 3.51. The number of nitrogens with zero attached hydrogens (tertiary/aromatic N) is 1. The number of nitrogens with one attached hydrogen (secondary N) is 1. The van der Waals surface area contributed by atoms with E-state index in [4.69, 9.17) is 4.74 Å². The van der Waals surface area contributed by atoms with Crippen molar-refractivity contribution in [1.29, 1.82) is 0 Å². The standard InChI is InChI=1S/C16H19BrN2O/c1-3-19-15(13-8-14(17)11-18-10-13)9-12-6-4-5-7-16(12)20-2/h4-8,10-11,15,19H,3,9H2,1-2H3. The van der Waals surface area contributed by atoms with Crippen molar-refractivity contribution in [3.63, 3.8) is 0 Å². The van der Waals surface area contributed by atoms with Crippen LogP contribution < -0.4 is 10.1 Å². The van der Waals surface area contributed by atoms with E-state index in [-0.39, 0.29) is 6.04 Å². The molecule has 20 heavy (non-hydrogen) atoms. The van der Waals surface area contributed by atoms with Crippen molar-refractivity contribution < 1.29 is 4.74 Å². The zero-order valence-corrected chi connectivity index (χ0v) is 13.4. The number of halogens is 1. The van der Waals surface area contributed by atoms with Gasteiger partial charge in [0.2, 0.25) is 0 Å². The summed E-state index contributed by atoms with van der Waals surface area (Å²) in [6.45, 7) is 3.02. The second kappa shape index (κ2) is 7.41. The van der Waals surface area contributed by atoms with Crippen LogP contribution in [0.25, 0.3) is 0 Å². The summed E-state index contributed by atoms with van der Waals surface area (Å²) in [7, 11) is 1.71. The molecule has 0 bridgehead atoms. The molecule has 1 atom stereocenters. The van der Waals surface area contributed by atoms with Gasteiger partial charge in [0, 0.05) is 22.9 Å². The Hall–Kier alpha value is -1.39. The van der Waals surface area contributed by atoms with Gasteiger partial charge in [0.05, 0.1) is 7.11 Å². The minimum atomic E-state index is 0.223. The summed E-state index contributed by atoms with van der Waals surface area (Å²) in [6.07, 6.45) is 4.58. The molecule has 0 saturated carbocycles. The molecule has 0 aliphatic carbocycles. The highest BCUT2D eigenvalue weighted by Gasteiger charge is 2.14. The number of methoxy groups -OCH3 is 1. The minimum absolute atomic E-state index is 0.223. The van der Waals surface area contributed by atoms with Gasteiger partial charge < -0.3 is 10.1 Å². The van der Waals surface area contributed by atoms with E-state index in [2.05, 4.69) is 45.3 Å². The first kappa shape index (κ1) is 15.0. The highest BCUT2D eigenvalue weighted by Crippen LogP contribution is 2.25. The Balaban J connectivity index is 2.25. The van der Waals surface area contributed by atoms with Gasteiger partial charge in [-0.15, -0.1) is 0 Å². The molecule has 1 aromatic heterocycles. The Morgan fingerprint density at radius 1 is 1.30 bits per heavy atom. The molecule has 0 aliphatic rings. The number of hydrogen-bond acceptors (Lipinski definition) is 3. The summed E-state index contributed by atoms with van der Waals surface area (Å²) in [4.78, 5) is 4.25. The largest absolute Gasteiger partial charge is 0.496 e. The fourth-order valence-corrected chi connectivity index (χ4v) is 2.65. The lowest BCUT2D eigenvalue weighted by Gasteiger charge is -2.19. The van der Waals surface area contributed by atoms with E-state index in [1.165, 1.54) is 11.1 Å². The Morgan fingerprint density at radius 2 is 2.10 bits per heavy atom. The van der Waals surface area contributed by atoms with Gasteiger partial charge in [-0.05, 0) is 52.2 Å². The molecule has 0 fully saturated rings. The van der Waals surface area contributed by atoms with Crippen molar-refractivity contribution >= 4 is 15.9 Å². The third kappa shape index (κ3) is 3.81. The lowest BCUT2D eigenvalue weighted by atomic mass is 9.99. The highest BCUT2D eigenvalue weighted by atomic mass is 79.9. The van der Waals surface area contributed by atoms with Crippen LogP contribution in [-0.4, -0.2) is 18.6 Å². The Bertz CT molecular complexity index is 560. The molecule has 0 radical (unpaired) electrons. The first-order chi connectivity index (χ1) is 9.74. The maximum Gasteiger partial charge on any atom is 0.122 e. The predicted octanol–water partition coefficient (Wildman–Crippen LogP) is 3.75. The minimum Gasteiger partial charge on any atom is -0.496 e. The van der Waals surface area contributed by atoms with Gasteiger partial charge in [0.1, 0.15) is 5.75 Å². The van der Waals surface area contributed by atoms with E-state index in [0.29, 0.717) is 0 Å². The SMILES string of the molecule is CCNC(Cc1ccccc1OC)c1cncc(Br)c1. The number of rotatable bonds is 6. The van der Waals surface area contributed by atoms with Gasteiger partial charge in [-0.1, -0.05) is 25.1 Å². The second-order valence-electron chi connectivity index (χ2n) is 4.56. The van der Waals surface area contributed by atoms with Crippen LogP contribution >= 0.6 is 15.9 Å². The maximum atomic E-state index is 5.43. The number of aromatic nitrogens is 1. The fourth-order valence-electron chi connectivity index (χ4n) is 2.26. The van der Waals surface area contributed by atoms with Gasteiger partial charge in [-0.3, -0.25) is 4.98 Å². The van der Waals surface area contributed by atoms with E-state index in [1.54, 1.807) is 13.3 Å². The normalized spacial score (nSPS) is 12.2. The first-order valence-electron chi connectivity index (χ1n) is 6.70. The third-order valence-electron chi connectivity index (χ3n) is 3.20. The molecular formula is C16H19BrN2O. The van der Waals surface area contributed by atoms with Crippen molar-refractivity contribution in [2.45, 2.75) is 19.4 Å². The maximum absolute atomic E-state index is 5.43. The molecule has 3 nitrogen and oxygen atoms in total. The zero-order valence-electron chi connectivity index (χ0n) is 11.8. The van der Waals surface area contributed by atoms with Gasteiger partial charge in [-0.25, -0.2) is 0 Å². The van der Waals surface area contributed by atoms with Crippen molar-refractivity contribution in [3.05, 3.63) is 58.3 Å². The van der Waals surface area contributed by atoms with Crippen LogP contribution in [0.15, 0.2) is 47.2 Å². The van der Waals surface area contributed by atoms with Gasteiger partial charge in [0.15, 0.2) is 0 Å². The molecule has 0 spiro atoms. The highest BCUT2D eigenvalue weighted by molar-refractivity contribution is 9.10. The summed E-state index contributed by atoms with van der Waals surface area (Å²) in [5.41, 5.74) is 2.37. The van der Waals surface area contributed by atoms with Crippen LogP contribution in [0.4, 0.5) is 0 Å². The molecule has 1 unspecified atom stereocenters. The topological polar surface area (TPSA) is 34.1 Å². The molecule has 2 rings (SSSR count). The number of pyridine rings is 1. The summed E-state index contributed by atoms with van der Waals surface area (Å²) in [6, 6.07) is 10.5. The van der Waals surface area contributed by atoms with Crippen LogP contribution in [0.3, 0.4) is 0 Å². The number of hydrogen-bond donors (Lipinski definition) is 1. The Labute approximate surface area is 128 Å². The van der Waals surface area contributed by atoms with Crippen molar-refractivity contribution in [1.82, 2.24) is 10.3 Å². The van der Waals surface area contributed by atoms with E-state index >= 15 is 0 Å². The van der Waals surface area contributed by atoms with Gasteiger partial charge in [-0.2, -0.15) is 0 Å². The van der Waals surface area contributed by atoms with Crippen molar-refractivity contribution in [2.24, 2.45) is 0 Å². The van der Waals surface area contributed by atoms with E-state index in [9.17, 15) is 0 Å². The smallest absolute Gasteiger partial charge is 0.122 e. The van der Waals surface area contributed by atoms with E-state index < -0.39 is 0 Å². The summed E-state index contributed by atoms with van der Waals surface area (Å²) in [5.74, 6) is 0.929. The average molecular weight is 335 g/mol. The van der Waals surface area contributed by atoms with Crippen molar-refractivity contribution in [3.8, 4) is 5.75 Å². The predicted molar refractivity (Wildman–Crippen MR) is 85.1 cm³/mol. The quantitative estimate of drug-likeness (QED) is 0.873. The Kier molecular flexibility index (Phi) is 5.56. The van der Waals surface area contributed by atoms with Crippen LogP contribution in [0.1, 0.15) is 24.1 Å². The van der Waals surface area contributed by atoms with Crippen LogP contribution in [0.2, 0.25) is 0 Å². The molecule has 0 aliphatic heterocycles. The van der Waals surface area contributed by atoms with Crippen molar-refractivity contribution in [2.75, 3.05) is 13.7 Å². The number of para-hydroxylation sites is 1. The number of likely N-dealkylation sites (N-methyl/N-ethyl adjacent to an activating group) is 1. The molecule has 2 aromatic rings. The molecule has 1 aromatic carbocycles. The molecule has 1 N–H and O–H groups in total. The zero-order chi connectivity index (χ0) is 14.4. The van der Waals surface area contributed by atoms with E-state index in [1.807, 2.05) is 24.4 Å². The Morgan fingerprint density at radius 3 is 2.80 bits per heavy atom. The average Bonchev–Trinajstić information content (AvgIpc) is 2.47. The van der Waals surface area contributed by atoms with Crippen LogP contribution in [0.5, 0.6) is 5.75 Å². The van der Waals surface area contributed by atoms with E-state index in [0.717, 1.165) is 23.2 Å². The molecule has 0 amide bonds. The lowest BCUT2D eigenvalue weighted by molar-refractivity contribution is 0.405. The lowest BCUT2D eigenvalue weighted by Crippen LogP contribution is -2.23. The first-order valence-corrected chi connectivity index (χ1v) is 7.49. The number of ether oxygens (including phenoxy) is 1. The molecule has 1 heterocycles. The molecule has 4 heteroatoms. The molecular weight excluding hydrogens is 316 g/mol.